The molecule has 2 fully saturated rings. The summed E-state index contributed by atoms with van der Waals surface area (Å²) in [4.78, 5) is 15.3. The average molecular weight is 525 g/mol. The second kappa shape index (κ2) is 11.4. The fourth-order valence-corrected chi connectivity index (χ4v) is 7.09. The van der Waals surface area contributed by atoms with E-state index in [9.17, 15) is 13.2 Å². The molecule has 1 atom stereocenters. The number of hydrogen-bond acceptors (Lipinski definition) is 4. The molecule has 2 heterocycles. The number of rotatable bonds is 8. The molecule has 1 N–H and O–H groups in total. The van der Waals surface area contributed by atoms with E-state index in [1.54, 1.807) is 18.2 Å². The smallest absolute Gasteiger partial charge is 0.224 e. The van der Waals surface area contributed by atoms with Gasteiger partial charge in [-0.3, -0.25) is 9.69 Å². The number of hydrogen-bond donors (Lipinski definition) is 1. The van der Waals surface area contributed by atoms with Crippen molar-refractivity contribution in [2.45, 2.75) is 44.5 Å². The first-order chi connectivity index (χ1) is 16.3. The van der Waals surface area contributed by atoms with Crippen LogP contribution in [0.15, 0.2) is 42.5 Å². The van der Waals surface area contributed by atoms with Crippen LogP contribution in [-0.2, 0) is 33.7 Å². The number of amides is 1. The molecular formula is C25H31Cl2N3O3S. The van der Waals surface area contributed by atoms with Crippen LogP contribution in [0.5, 0.6) is 0 Å². The van der Waals surface area contributed by atoms with E-state index in [0.717, 1.165) is 25.2 Å². The summed E-state index contributed by atoms with van der Waals surface area (Å²) < 4.78 is 27.5. The monoisotopic (exact) mass is 523 g/mol. The third kappa shape index (κ3) is 6.52. The van der Waals surface area contributed by atoms with Gasteiger partial charge in [0, 0.05) is 41.8 Å². The minimum Gasteiger partial charge on any atom is -0.352 e. The zero-order valence-electron chi connectivity index (χ0n) is 19.2. The number of likely N-dealkylation sites (tertiary alicyclic amines) is 1. The molecule has 0 aliphatic carbocycles. The summed E-state index contributed by atoms with van der Waals surface area (Å²) >= 11 is 12.4. The third-order valence-electron chi connectivity index (χ3n) is 6.60. The quantitative estimate of drug-likeness (QED) is 0.554. The Morgan fingerprint density at radius 1 is 0.971 bits per heavy atom. The largest absolute Gasteiger partial charge is 0.352 e. The molecule has 34 heavy (non-hydrogen) atoms. The van der Waals surface area contributed by atoms with Crippen molar-refractivity contribution in [3.05, 3.63) is 69.2 Å². The summed E-state index contributed by atoms with van der Waals surface area (Å²) in [5.74, 6) is -0.762. The van der Waals surface area contributed by atoms with Gasteiger partial charge in [0.05, 0.1) is 11.7 Å². The number of nitrogens with zero attached hydrogens (tertiary/aromatic N) is 2. The molecule has 2 aliphatic rings. The summed E-state index contributed by atoms with van der Waals surface area (Å²) in [6.07, 6.45) is 3.82. The SMILES string of the molecule is O=C(NCc1cccc(CN2CCCC2)c1)[C@H]1CCCN(S(=O)(=O)Cc2c(Cl)cccc2Cl)C1. The lowest BCUT2D eigenvalue weighted by Gasteiger charge is -2.31. The van der Waals surface area contributed by atoms with E-state index in [4.69, 9.17) is 23.2 Å². The summed E-state index contributed by atoms with van der Waals surface area (Å²) in [5, 5.41) is 3.67. The zero-order chi connectivity index (χ0) is 24.1. The molecule has 0 saturated carbocycles. The molecule has 0 unspecified atom stereocenters. The highest BCUT2D eigenvalue weighted by Crippen LogP contribution is 2.29. The molecule has 2 aromatic rings. The number of piperidine rings is 1. The van der Waals surface area contributed by atoms with Crippen molar-refractivity contribution < 1.29 is 13.2 Å². The van der Waals surface area contributed by atoms with Crippen molar-refractivity contribution in [3.8, 4) is 0 Å². The maximum Gasteiger partial charge on any atom is 0.224 e. The number of nitrogens with one attached hydrogen (secondary N) is 1. The lowest BCUT2D eigenvalue weighted by Crippen LogP contribution is -2.45. The van der Waals surface area contributed by atoms with Crippen molar-refractivity contribution >= 4 is 39.1 Å². The van der Waals surface area contributed by atoms with E-state index in [1.807, 2.05) is 12.1 Å². The fraction of sp³-hybridized carbons (Fsp3) is 0.480. The Balaban J connectivity index is 1.33. The van der Waals surface area contributed by atoms with Gasteiger partial charge in [-0.25, -0.2) is 12.7 Å². The van der Waals surface area contributed by atoms with E-state index < -0.39 is 10.0 Å². The van der Waals surface area contributed by atoms with Crippen LogP contribution in [0, 0.1) is 5.92 Å². The predicted octanol–water partition coefficient (Wildman–Crippen LogP) is 4.45. The van der Waals surface area contributed by atoms with Gasteiger partial charge in [-0.1, -0.05) is 53.5 Å². The molecule has 0 aromatic heterocycles. The molecule has 184 valence electrons. The van der Waals surface area contributed by atoms with E-state index in [-0.39, 0.29) is 24.1 Å². The zero-order valence-corrected chi connectivity index (χ0v) is 21.5. The first kappa shape index (κ1) is 25.5. The van der Waals surface area contributed by atoms with E-state index in [2.05, 4.69) is 22.3 Å². The Labute approximate surface area is 212 Å². The number of carbonyl (C=O) groups is 1. The third-order valence-corrected chi connectivity index (χ3v) is 9.08. The standard InChI is InChI=1S/C25H31Cl2N3O3S/c26-23-9-4-10-24(27)22(23)18-34(32,33)30-13-5-8-21(17-30)25(31)28-15-19-6-3-7-20(14-19)16-29-11-1-2-12-29/h3-4,6-7,9-10,14,21H,1-2,5,8,11-13,15-18H2,(H,28,31)/t21-/m0/s1. The van der Waals surface area contributed by atoms with Crippen LogP contribution in [0.4, 0.5) is 0 Å². The maximum absolute atomic E-state index is 13.1. The molecule has 2 aliphatic heterocycles. The van der Waals surface area contributed by atoms with Crippen LogP contribution in [0.1, 0.15) is 42.4 Å². The minimum absolute atomic E-state index is 0.111. The molecule has 9 heteroatoms. The Hall–Kier alpha value is -1.64. The van der Waals surface area contributed by atoms with Crippen molar-refractivity contribution in [1.82, 2.24) is 14.5 Å². The molecule has 0 spiro atoms. The van der Waals surface area contributed by atoms with E-state index in [1.165, 1.54) is 22.7 Å². The Bertz CT molecular complexity index is 1100. The van der Waals surface area contributed by atoms with Gasteiger partial charge in [-0.05, 0) is 62.0 Å². The fourth-order valence-electron chi connectivity index (χ4n) is 4.72. The van der Waals surface area contributed by atoms with Gasteiger partial charge in [0.1, 0.15) is 0 Å². The van der Waals surface area contributed by atoms with Gasteiger partial charge in [-0.15, -0.1) is 0 Å². The average Bonchev–Trinajstić information content (AvgIpc) is 3.33. The van der Waals surface area contributed by atoms with Crippen LogP contribution in [0.2, 0.25) is 10.0 Å². The Kier molecular flexibility index (Phi) is 8.53. The molecule has 1 amide bonds. The van der Waals surface area contributed by atoms with Crippen molar-refractivity contribution in [2.24, 2.45) is 5.92 Å². The number of carbonyl (C=O) groups excluding carboxylic acids is 1. The highest BCUT2D eigenvalue weighted by atomic mass is 35.5. The molecule has 2 saturated heterocycles. The van der Waals surface area contributed by atoms with E-state index in [0.29, 0.717) is 41.5 Å². The summed E-state index contributed by atoms with van der Waals surface area (Å²) in [5.41, 5.74) is 2.70. The summed E-state index contributed by atoms with van der Waals surface area (Å²) in [7, 11) is -3.65. The highest BCUT2D eigenvalue weighted by molar-refractivity contribution is 7.88. The predicted molar refractivity (Wildman–Crippen MR) is 136 cm³/mol. The van der Waals surface area contributed by atoms with Crippen LogP contribution in [0.3, 0.4) is 0 Å². The molecule has 6 nitrogen and oxygen atoms in total. The molecule has 0 radical (unpaired) electrons. The lowest BCUT2D eigenvalue weighted by atomic mass is 9.98. The second-order valence-corrected chi connectivity index (χ2v) is 12.0. The number of halogens is 2. The van der Waals surface area contributed by atoms with Gasteiger partial charge in [-0.2, -0.15) is 0 Å². The molecule has 0 bridgehead atoms. The van der Waals surface area contributed by atoms with E-state index >= 15 is 0 Å². The van der Waals surface area contributed by atoms with Gasteiger partial charge in [0.2, 0.25) is 15.9 Å². The number of sulfonamides is 1. The Morgan fingerprint density at radius 3 is 2.38 bits per heavy atom. The second-order valence-electron chi connectivity index (χ2n) is 9.17. The highest BCUT2D eigenvalue weighted by Gasteiger charge is 2.33. The van der Waals surface area contributed by atoms with Crippen LogP contribution < -0.4 is 5.32 Å². The first-order valence-electron chi connectivity index (χ1n) is 11.8. The topological polar surface area (TPSA) is 69.7 Å². The first-order valence-corrected chi connectivity index (χ1v) is 14.2. The molecule has 4 rings (SSSR count). The lowest BCUT2D eigenvalue weighted by molar-refractivity contribution is -0.126. The van der Waals surface area contributed by atoms with Crippen LogP contribution in [0.25, 0.3) is 0 Å². The normalized spacial score (nSPS) is 19.9. The number of benzene rings is 2. The minimum atomic E-state index is -3.65. The van der Waals surface area contributed by atoms with Crippen molar-refractivity contribution in [2.75, 3.05) is 26.2 Å². The van der Waals surface area contributed by atoms with Crippen molar-refractivity contribution in [3.63, 3.8) is 0 Å². The molecule has 2 aromatic carbocycles. The van der Waals surface area contributed by atoms with Crippen LogP contribution in [-0.4, -0.2) is 49.7 Å². The maximum atomic E-state index is 13.1. The van der Waals surface area contributed by atoms with Gasteiger partial charge >= 0.3 is 0 Å². The van der Waals surface area contributed by atoms with Crippen molar-refractivity contribution in [1.29, 1.82) is 0 Å². The van der Waals surface area contributed by atoms with Gasteiger partial charge < -0.3 is 5.32 Å². The van der Waals surface area contributed by atoms with Crippen LogP contribution >= 0.6 is 23.2 Å². The van der Waals surface area contributed by atoms with Gasteiger partial charge in [0.15, 0.2) is 0 Å². The Morgan fingerprint density at radius 2 is 1.65 bits per heavy atom. The molecular weight excluding hydrogens is 493 g/mol. The summed E-state index contributed by atoms with van der Waals surface area (Å²) in [6.45, 7) is 4.23. The van der Waals surface area contributed by atoms with Gasteiger partial charge in [0.25, 0.3) is 0 Å². The summed E-state index contributed by atoms with van der Waals surface area (Å²) in [6, 6.07) is 13.3.